The highest BCUT2D eigenvalue weighted by molar-refractivity contribution is 5.99. The van der Waals surface area contributed by atoms with Crippen LogP contribution in [0.5, 0.6) is 5.75 Å². The minimum Gasteiger partial charge on any atom is -0.494 e. The number of rotatable bonds is 8. The highest BCUT2D eigenvalue weighted by Crippen LogP contribution is 2.30. The van der Waals surface area contributed by atoms with Gasteiger partial charge in [-0.2, -0.15) is 5.10 Å². The van der Waals surface area contributed by atoms with Crippen molar-refractivity contribution >= 4 is 16.9 Å². The van der Waals surface area contributed by atoms with Crippen molar-refractivity contribution in [3.8, 4) is 22.7 Å². The second-order valence-electron chi connectivity index (χ2n) is 9.12. The van der Waals surface area contributed by atoms with Gasteiger partial charge in [-0.05, 0) is 86.8 Å². The van der Waals surface area contributed by atoms with E-state index in [0.717, 1.165) is 50.4 Å². The largest absolute Gasteiger partial charge is 0.494 e. The van der Waals surface area contributed by atoms with Crippen LogP contribution in [0.25, 0.3) is 27.9 Å². The average molecular weight is 494 g/mol. The first-order valence-corrected chi connectivity index (χ1v) is 12.7. The number of nitrogens with one attached hydrogen (secondary N) is 1. The van der Waals surface area contributed by atoms with Gasteiger partial charge in [0.2, 0.25) is 0 Å². The van der Waals surface area contributed by atoms with E-state index in [-0.39, 0.29) is 5.91 Å². The molecule has 2 heterocycles. The number of benzene rings is 3. The number of furan rings is 1. The van der Waals surface area contributed by atoms with Gasteiger partial charge in [-0.1, -0.05) is 25.1 Å². The normalized spacial score (nSPS) is 11.1. The molecule has 0 radical (unpaired) electrons. The maximum absolute atomic E-state index is 13.3. The second-order valence-corrected chi connectivity index (χ2v) is 9.12. The van der Waals surface area contributed by atoms with Crippen molar-refractivity contribution in [3.05, 3.63) is 101 Å². The van der Waals surface area contributed by atoms with E-state index in [1.807, 2.05) is 85.4 Å². The molecule has 0 aliphatic carbocycles. The van der Waals surface area contributed by atoms with E-state index in [1.54, 1.807) is 0 Å². The number of aryl methyl sites for hydroxylation is 3. The number of carbonyl (C=O) groups excluding carboxylic acids is 1. The molecule has 6 nitrogen and oxygen atoms in total. The zero-order valence-corrected chi connectivity index (χ0v) is 21.7. The molecule has 5 rings (SSSR count). The third kappa shape index (κ3) is 4.87. The molecule has 0 fully saturated rings. The van der Waals surface area contributed by atoms with Crippen LogP contribution in [0.3, 0.4) is 0 Å². The Morgan fingerprint density at radius 1 is 1.00 bits per heavy atom. The molecule has 0 unspecified atom stereocenters. The first kappa shape index (κ1) is 24.4. The summed E-state index contributed by atoms with van der Waals surface area (Å²) < 4.78 is 13.5. The van der Waals surface area contributed by atoms with E-state index in [2.05, 4.69) is 25.2 Å². The number of para-hydroxylation sites is 1. The maximum Gasteiger partial charge on any atom is 0.287 e. The average Bonchev–Trinajstić information content (AvgIpc) is 3.50. The van der Waals surface area contributed by atoms with E-state index in [1.165, 1.54) is 5.56 Å². The van der Waals surface area contributed by atoms with Crippen LogP contribution in [0.15, 0.2) is 77.3 Å². The predicted molar refractivity (Wildman–Crippen MR) is 146 cm³/mol. The zero-order chi connectivity index (χ0) is 25.9. The molecule has 37 heavy (non-hydrogen) atoms. The second kappa shape index (κ2) is 10.3. The van der Waals surface area contributed by atoms with Gasteiger partial charge in [-0.15, -0.1) is 0 Å². The highest BCUT2D eigenvalue weighted by atomic mass is 16.5. The standard InChI is InChI=1S/C31H31N3O3/c1-5-26-27-16-20(3)21(4)17-28(27)37-30(26)31(35)32-18-23-19-34(24-10-8-7-9-11-24)33-29(23)22-12-14-25(15-13-22)36-6-2/h7-17,19H,5-6,18H2,1-4H3,(H,32,35). The number of hydrogen-bond acceptors (Lipinski definition) is 4. The van der Waals surface area contributed by atoms with Crippen molar-refractivity contribution in [1.29, 1.82) is 0 Å². The van der Waals surface area contributed by atoms with Crippen LogP contribution in [0.2, 0.25) is 0 Å². The molecule has 3 aromatic carbocycles. The fourth-order valence-electron chi connectivity index (χ4n) is 4.56. The summed E-state index contributed by atoms with van der Waals surface area (Å²) in [6, 6.07) is 21.9. The molecule has 188 valence electrons. The summed E-state index contributed by atoms with van der Waals surface area (Å²) in [5, 5.41) is 8.94. The van der Waals surface area contributed by atoms with Gasteiger partial charge in [0.05, 0.1) is 18.0 Å². The fourth-order valence-corrected chi connectivity index (χ4v) is 4.56. The zero-order valence-electron chi connectivity index (χ0n) is 21.7. The van der Waals surface area contributed by atoms with Gasteiger partial charge in [0.1, 0.15) is 11.3 Å². The molecule has 0 saturated carbocycles. The number of hydrogen-bond donors (Lipinski definition) is 1. The molecule has 0 atom stereocenters. The SMILES string of the molecule is CCOc1ccc(-c2nn(-c3ccccc3)cc2CNC(=O)c2oc3cc(C)c(C)cc3c2CC)cc1. The molecule has 0 bridgehead atoms. The lowest BCUT2D eigenvalue weighted by Crippen LogP contribution is -2.23. The van der Waals surface area contributed by atoms with Crippen molar-refractivity contribution < 1.29 is 13.9 Å². The van der Waals surface area contributed by atoms with Crippen LogP contribution in [0.1, 0.15) is 46.7 Å². The predicted octanol–water partition coefficient (Wildman–Crippen LogP) is 6.79. The molecule has 0 aliphatic rings. The number of ether oxygens (including phenoxy) is 1. The third-order valence-electron chi connectivity index (χ3n) is 6.66. The van der Waals surface area contributed by atoms with Gasteiger partial charge in [0, 0.05) is 34.8 Å². The van der Waals surface area contributed by atoms with Crippen LogP contribution < -0.4 is 10.1 Å². The quantitative estimate of drug-likeness (QED) is 0.258. The summed E-state index contributed by atoms with van der Waals surface area (Å²) in [4.78, 5) is 13.3. The fraction of sp³-hybridized carbons (Fsp3) is 0.226. The van der Waals surface area contributed by atoms with Crippen LogP contribution in [0, 0.1) is 13.8 Å². The molecule has 0 aliphatic heterocycles. The maximum atomic E-state index is 13.3. The van der Waals surface area contributed by atoms with Gasteiger partial charge < -0.3 is 14.5 Å². The Kier molecular flexibility index (Phi) is 6.82. The van der Waals surface area contributed by atoms with E-state index in [4.69, 9.17) is 14.3 Å². The van der Waals surface area contributed by atoms with Gasteiger partial charge in [0.25, 0.3) is 5.91 Å². The lowest BCUT2D eigenvalue weighted by Gasteiger charge is -2.07. The minimum atomic E-state index is -0.228. The number of amides is 1. The Hall–Kier alpha value is -4.32. The smallest absolute Gasteiger partial charge is 0.287 e. The lowest BCUT2D eigenvalue weighted by atomic mass is 10.0. The third-order valence-corrected chi connectivity index (χ3v) is 6.66. The van der Waals surface area contributed by atoms with Crippen LogP contribution in [-0.4, -0.2) is 22.3 Å². The lowest BCUT2D eigenvalue weighted by molar-refractivity contribution is 0.0924. The van der Waals surface area contributed by atoms with E-state index in [9.17, 15) is 4.79 Å². The van der Waals surface area contributed by atoms with Gasteiger partial charge in [0.15, 0.2) is 5.76 Å². The number of fused-ring (bicyclic) bond motifs is 1. The van der Waals surface area contributed by atoms with Crippen LogP contribution in [-0.2, 0) is 13.0 Å². The first-order valence-electron chi connectivity index (χ1n) is 12.7. The Morgan fingerprint density at radius 2 is 1.73 bits per heavy atom. The monoisotopic (exact) mass is 493 g/mol. The van der Waals surface area contributed by atoms with Gasteiger partial charge in [-0.3, -0.25) is 4.79 Å². The minimum absolute atomic E-state index is 0.228. The van der Waals surface area contributed by atoms with E-state index in [0.29, 0.717) is 25.3 Å². The molecule has 0 saturated heterocycles. The Balaban J connectivity index is 1.46. The number of nitrogens with zero attached hydrogens (tertiary/aromatic N) is 2. The summed E-state index contributed by atoms with van der Waals surface area (Å²) in [5.41, 5.74) is 7.61. The van der Waals surface area contributed by atoms with Crippen LogP contribution >= 0.6 is 0 Å². The van der Waals surface area contributed by atoms with Crippen molar-refractivity contribution in [2.75, 3.05) is 6.61 Å². The van der Waals surface area contributed by atoms with Gasteiger partial charge >= 0.3 is 0 Å². The molecular formula is C31H31N3O3. The molecule has 6 heteroatoms. The van der Waals surface area contributed by atoms with Crippen LogP contribution in [0.4, 0.5) is 0 Å². The molecule has 1 amide bonds. The molecule has 0 spiro atoms. The summed E-state index contributed by atoms with van der Waals surface area (Å²) in [7, 11) is 0. The van der Waals surface area contributed by atoms with Crippen molar-refractivity contribution in [1.82, 2.24) is 15.1 Å². The molecular weight excluding hydrogens is 462 g/mol. The summed E-state index contributed by atoms with van der Waals surface area (Å²) in [6.07, 6.45) is 2.68. The molecule has 2 aromatic heterocycles. The number of carbonyl (C=O) groups is 1. The van der Waals surface area contributed by atoms with Crippen molar-refractivity contribution in [2.45, 2.75) is 40.7 Å². The number of aromatic nitrogens is 2. The summed E-state index contributed by atoms with van der Waals surface area (Å²) >= 11 is 0. The van der Waals surface area contributed by atoms with Gasteiger partial charge in [-0.25, -0.2) is 4.68 Å². The topological polar surface area (TPSA) is 69.3 Å². The molecule has 1 N–H and O–H groups in total. The summed E-state index contributed by atoms with van der Waals surface area (Å²) in [5.74, 6) is 0.958. The first-order chi connectivity index (χ1) is 18.0. The highest BCUT2D eigenvalue weighted by Gasteiger charge is 2.21. The summed E-state index contributed by atoms with van der Waals surface area (Å²) in [6.45, 7) is 9.06. The van der Waals surface area contributed by atoms with Crippen molar-refractivity contribution in [3.63, 3.8) is 0 Å². The van der Waals surface area contributed by atoms with Crippen molar-refractivity contribution in [2.24, 2.45) is 0 Å². The Morgan fingerprint density at radius 3 is 2.43 bits per heavy atom. The molecule has 5 aromatic rings. The Bertz CT molecular complexity index is 1550. The van der Waals surface area contributed by atoms with E-state index < -0.39 is 0 Å². The Labute approximate surface area is 216 Å². The van der Waals surface area contributed by atoms with E-state index >= 15 is 0 Å².